The first-order valence-corrected chi connectivity index (χ1v) is 11.5. The number of rotatable bonds is 5. The van der Waals surface area contributed by atoms with Crippen molar-refractivity contribution in [2.75, 3.05) is 31.6 Å². The first kappa shape index (κ1) is 30.2. The summed E-state index contributed by atoms with van der Waals surface area (Å²) in [5.74, 6) is -3.37. The molecule has 206 valence electrons. The van der Waals surface area contributed by atoms with Gasteiger partial charge in [-0.3, -0.25) is 4.90 Å². The number of aromatic nitrogens is 2. The normalized spacial score (nSPS) is 21.2. The number of fused-ring (bicyclic) bond motifs is 1. The Morgan fingerprint density at radius 3 is 2.22 bits per heavy atom. The second-order valence-corrected chi connectivity index (χ2v) is 8.99. The van der Waals surface area contributed by atoms with E-state index in [9.17, 15) is 26.3 Å². The van der Waals surface area contributed by atoms with Gasteiger partial charge in [0.15, 0.2) is 0 Å². The fourth-order valence-electron chi connectivity index (χ4n) is 3.60. The van der Waals surface area contributed by atoms with Crippen molar-refractivity contribution in [3.63, 3.8) is 0 Å². The number of carbonyl (C=O) groups is 2. The number of aliphatic carboxylic acids is 2. The molecule has 0 saturated carbocycles. The minimum absolute atomic E-state index is 0.388. The van der Waals surface area contributed by atoms with E-state index in [2.05, 4.69) is 27.1 Å². The molecule has 0 radical (unpaired) electrons. The number of aryl methyl sites for hydroxylation is 1. The lowest BCUT2D eigenvalue weighted by molar-refractivity contribution is -0.193. The van der Waals surface area contributed by atoms with Crippen molar-refractivity contribution >= 4 is 29.1 Å². The Balaban J connectivity index is 0.000000286. The van der Waals surface area contributed by atoms with Gasteiger partial charge in [-0.2, -0.15) is 26.3 Å². The Morgan fingerprint density at radius 1 is 1.11 bits per heavy atom. The van der Waals surface area contributed by atoms with Gasteiger partial charge in [-0.15, -0.1) is 11.3 Å². The standard InChI is InChI=1S/C17H22N4OS.2C2HF3O2/c1-12-16(23-11-20-12)9-21-7-14-13(10-22-15(14)8-21)6-19-17-4-2-3-5-18-17;2*3-2(4,5)1(6)7/h2-5,11,13-15H,6-10H2,1H3,(H,18,19);2*(H,6,7)/t13-,14-,15-;;/m1../s1. The lowest BCUT2D eigenvalue weighted by Crippen LogP contribution is -2.27. The summed E-state index contributed by atoms with van der Waals surface area (Å²) in [4.78, 5) is 30.4. The Hall–Kier alpha value is -2.98. The molecule has 2 saturated heterocycles. The van der Waals surface area contributed by atoms with E-state index < -0.39 is 24.3 Å². The lowest BCUT2D eigenvalue weighted by Gasteiger charge is -2.19. The van der Waals surface area contributed by atoms with Crippen LogP contribution in [-0.2, 0) is 20.9 Å². The third-order valence-electron chi connectivity index (χ3n) is 5.42. The number of hydrogen-bond acceptors (Lipinski definition) is 8. The topological polar surface area (TPSA) is 125 Å². The van der Waals surface area contributed by atoms with E-state index in [1.54, 1.807) is 11.3 Å². The zero-order chi connectivity index (χ0) is 27.8. The number of thiazole rings is 1. The highest BCUT2D eigenvalue weighted by atomic mass is 32.1. The van der Waals surface area contributed by atoms with Crippen LogP contribution in [-0.4, -0.2) is 81.7 Å². The van der Waals surface area contributed by atoms with Crippen molar-refractivity contribution < 1.29 is 50.9 Å². The minimum Gasteiger partial charge on any atom is -0.475 e. The van der Waals surface area contributed by atoms with Gasteiger partial charge in [-0.1, -0.05) is 6.07 Å². The van der Waals surface area contributed by atoms with Crippen molar-refractivity contribution in [3.8, 4) is 0 Å². The summed E-state index contributed by atoms with van der Waals surface area (Å²) in [5, 5.41) is 17.7. The molecule has 2 aliphatic heterocycles. The molecule has 9 nitrogen and oxygen atoms in total. The van der Waals surface area contributed by atoms with Crippen molar-refractivity contribution in [1.29, 1.82) is 0 Å². The lowest BCUT2D eigenvalue weighted by atomic mass is 9.93. The maximum absolute atomic E-state index is 10.6. The van der Waals surface area contributed by atoms with Crippen LogP contribution in [0.25, 0.3) is 0 Å². The molecular formula is C21H24F6N4O5S. The summed E-state index contributed by atoms with van der Waals surface area (Å²) in [6, 6.07) is 5.97. The number of carboxylic acid groups (broad SMARTS) is 2. The third-order valence-corrected chi connectivity index (χ3v) is 6.34. The number of anilines is 1. The van der Waals surface area contributed by atoms with E-state index in [0.29, 0.717) is 17.9 Å². The number of likely N-dealkylation sites (tertiary alicyclic amines) is 1. The Kier molecular flexibility index (Phi) is 10.6. The smallest absolute Gasteiger partial charge is 0.475 e. The highest BCUT2D eigenvalue weighted by molar-refractivity contribution is 7.09. The van der Waals surface area contributed by atoms with Crippen LogP contribution in [0.2, 0.25) is 0 Å². The molecule has 0 aromatic carbocycles. The van der Waals surface area contributed by atoms with Crippen molar-refractivity contribution in [2.24, 2.45) is 11.8 Å². The summed E-state index contributed by atoms with van der Waals surface area (Å²) in [7, 11) is 0. The molecule has 2 aromatic rings. The summed E-state index contributed by atoms with van der Waals surface area (Å²) < 4.78 is 69.5. The minimum atomic E-state index is -5.08. The van der Waals surface area contributed by atoms with Gasteiger partial charge in [0, 0.05) is 49.1 Å². The first-order chi connectivity index (χ1) is 17.2. The number of halogens is 6. The summed E-state index contributed by atoms with van der Waals surface area (Å²) >= 11 is 1.76. The molecule has 2 aromatic heterocycles. The van der Waals surface area contributed by atoms with E-state index in [4.69, 9.17) is 24.5 Å². The van der Waals surface area contributed by atoms with Crippen molar-refractivity contribution in [3.05, 3.63) is 40.5 Å². The van der Waals surface area contributed by atoms with Crippen molar-refractivity contribution in [2.45, 2.75) is 31.9 Å². The van der Waals surface area contributed by atoms with E-state index in [1.807, 2.05) is 29.9 Å². The van der Waals surface area contributed by atoms with Crippen LogP contribution >= 0.6 is 11.3 Å². The third kappa shape index (κ3) is 9.77. The Bertz CT molecular complexity index is 997. The van der Waals surface area contributed by atoms with Crippen LogP contribution in [0.4, 0.5) is 32.2 Å². The number of pyridine rings is 1. The molecule has 3 atom stereocenters. The summed E-state index contributed by atoms with van der Waals surface area (Å²) in [5.41, 5.74) is 3.11. The second kappa shape index (κ2) is 13.0. The Morgan fingerprint density at radius 2 is 1.73 bits per heavy atom. The Labute approximate surface area is 211 Å². The number of ether oxygens (including phenoxy) is 1. The van der Waals surface area contributed by atoms with E-state index in [0.717, 1.165) is 38.6 Å². The molecule has 2 fully saturated rings. The van der Waals surface area contributed by atoms with Gasteiger partial charge in [0.2, 0.25) is 0 Å². The van der Waals surface area contributed by atoms with Gasteiger partial charge < -0.3 is 20.3 Å². The summed E-state index contributed by atoms with van der Waals surface area (Å²) in [6.45, 7) is 7.07. The molecule has 0 unspecified atom stereocenters. The van der Waals surface area contributed by atoms with Gasteiger partial charge in [-0.25, -0.2) is 19.6 Å². The quantitative estimate of drug-likeness (QED) is 0.472. The van der Waals surface area contributed by atoms with Gasteiger partial charge >= 0.3 is 24.3 Å². The molecule has 3 N–H and O–H groups in total. The van der Waals surface area contributed by atoms with Gasteiger partial charge in [0.25, 0.3) is 0 Å². The molecule has 0 amide bonds. The van der Waals surface area contributed by atoms with Crippen LogP contribution in [0, 0.1) is 18.8 Å². The maximum Gasteiger partial charge on any atom is 0.490 e. The molecule has 4 rings (SSSR count). The van der Waals surface area contributed by atoms with Crippen molar-refractivity contribution in [1.82, 2.24) is 14.9 Å². The summed E-state index contributed by atoms with van der Waals surface area (Å²) in [6.07, 6.45) is -7.95. The molecule has 4 heterocycles. The predicted molar refractivity (Wildman–Crippen MR) is 119 cm³/mol. The molecule has 0 spiro atoms. The van der Waals surface area contributed by atoms with E-state index >= 15 is 0 Å². The van der Waals surface area contributed by atoms with Crippen LogP contribution in [0.15, 0.2) is 29.9 Å². The van der Waals surface area contributed by atoms with Gasteiger partial charge in [0.05, 0.1) is 23.9 Å². The van der Waals surface area contributed by atoms with Crippen LogP contribution in [0.5, 0.6) is 0 Å². The van der Waals surface area contributed by atoms with Crippen LogP contribution < -0.4 is 5.32 Å². The molecule has 2 aliphatic rings. The molecule has 0 aliphatic carbocycles. The second-order valence-electron chi connectivity index (χ2n) is 8.05. The predicted octanol–water partition coefficient (Wildman–Crippen LogP) is 3.67. The fraction of sp³-hybridized carbons (Fsp3) is 0.524. The highest BCUT2D eigenvalue weighted by Gasteiger charge is 2.43. The largest absolute Gasteiger partial charge is 0.490 e. The van der Waals surface area contributed by atoms with E-state index in [1.165, 1.54) is 10.6 Å². The zero-order valence-corrected chi connectivity index (χ0v) is 20.1. The highest BCUT2D eigenvalue weighted by Crippen LogP contribution is 2.35. The van der Waals surface area contributed by atoms with Crippen LogP contribution in [0.1, 0.15) is 10.6 Å². The van der Waals surface area contributed by atoms with Crippen LogP contribution in [0.3, 0.4) is 0 Å². The number of nitrogens with zero attached hydrogens (tertiary/aromatic N) is 3. The maximum atomic E-state index is 10.6. The number of carboxylic acids is 2. The SMILES string of the molecule is Cc1ncsc1CN1C[C@@H]2[C@H](CNc3ccccn3)CO[C@@H]2C1.O=C(O)C(F)(F)F.O=C(O)C(F)(F)F. The van der Waals surface area contributed by atoms with Gasteiger partial charge in [-0.05, 0) is 19.1 Å². The fourth-order valence-corrected chi connectivity index (χ4v) is 4.42. The number of nitrogens with one attached hydrogen (secondary N) is 1. The molecule has 37 heavy (non-hydrogen) atoms. The zero-order valence-electron chi connectivity index (χ0n) is 19.3. The van der Waals surface area contributed by atoms with Gasteiger partial charge in [0.1, 0.15) is 5.82 Å². The number of hydrogen-bond donors (Lipinski definition) is 3. The van der Waals surface area contributed by atoms with E-state index in [-0.39, 0.29) is 0 Å². The monoisotopic (exact) mass is 558 g/mol. The average Bonchev–Trinajstić information content (AvgIpc) is 3.49. The average molecular weight is 559 g/mol. The molecule has 16 heteroatoms. The molecule has 0 bridgehead atoms. The molecular weight excluding hydrogens is 534 g/mol. The first-order valence-electron chi connectivity index (χ1n) is 10.7. The number of alkyl halides is 6.